The van der Waals surface area contributed by atoms with E-state index >= 15 is 0 Å². The summed E-state index contributed by atoms with van der Waals surface area (Å²) in [6.07, 6.45) is -10.4. The lowest BCUT2D eigenvalue weighted by atomic mass is 9.98. The van der Waals surface area contributed by atoms with Crippen LogP contribution in [0, 0.1) is 0 Å². The van der Waals surface area contributed by atoms with E-state index in [9.17, 15) is 31.1 Å². The fourth-order valence-corrected chi connectivity index (χ4v) is 10.5. The molecule has 1 aliphatic heterocycles. The Morgan fingerprint density at radius 3 is 1.63 bits per heavy atom. The first-order valence-electron chi connectivity index (χ1n) is 14.7. The summed E-state index contributed by atoms with van der Waals surface area (Å²) >= 11 is 0. The maximum Gasteiger partial charge on any atom is 0.416 e. The van der Waals surface area contributed by atoms with Crippen molar-refractivity contribution in [1.29, 1.82) is 0 Å². The standard InChI is InChI=1S/C32H43F6NO6Si/c1-27(2,3)45-26(40)39-30(19-42-46(43-20-30,28(4,5)6)29(7,8)9)14-15-41-23-10-12-24(13-11-23)44-25-17-21(31(33,34)35)16-22(18-25)32(36,37)38/h10-13,16-18H,14-15,19-20H2,1-9H3,(H,39,40). The summed E-state index contributed by atoms with van der Waals surface area (Å²) in [7, 11) is -2.81. The van der Waals surface area contributed by atoms with Crippen molar-refractivity contribution in [1.82, 2.24) is 5.32 Å². The molecule has 0 aliphatic carbocycles. The molecule has 258 valence electrons. The lowest BCUT2D eigenvalue weighted by Gasteiger charge is -2.55. The molecule has 0 aromatic heterocycles. The molecule has 46 heavy (non-hydrogen) atoms. The molecule has 2 aromatic carbocycles. The molecule has 3 rings (SSSR count). The predicted octanol–water partition coefficient (Wildman–Crippen LogP) is 9.64. The van der Waals surface area contributed by atoms with Crippen molar-refractivity contribution in [2.75, 3.05) is 19.8 Å². The molecule has 14 heteroatoms. The number of alkyl halides is 6. The normalized spacial score (nSPS) is 17.3. The number of hydrogen-bond acceptors (Lipinski definition) is 6. The SMILES string of the molecule is CC(C)(C)OC(=O)NC1(CCOc2ccc(Oc3cc(C(F)(F)F)cc(C(F)(F)F)c3)cc2)CO[Si](C(C)(C)C)(C(C)(C)C)OC1. The van der Waals surface area contributed by atoms with E-state index in [4.69, 9.17) is 23.1 Å². The molecule has 0 spiro atoms. The number of carbonyl (C=O) groups excluding carboxylic acids is 1. The average Bonchev–Trinajstić information content (AvgIpc) is 2.86. The Labute approximate surface area is 267 Å². The molecule has 1 fully saturated rings. The quantitative estimate of drug-likeness (QED) is 0.232. The van der Waals surface area contributed by atoms with Crippen molar-refractivity contribution >= 4 is 14.7 Å². The lowest BCUT2D eigenvalue weighted by molar-refractivity contribution is -0.143. The van der Waals surface area contributed by atoms with Crippen LogP contribution in [-0.2, 0) is 25.9 Å². The second-order valence-corrected chi connectivity index (χ2v) is 19.3. The van der Waals surface area contributed by atoms with Crippen molar-refractivity contribution < 1.29 is 54.2 Å². The van der Waals surface area contributed by atoms with Gasteiger partial charge >= 0.3 is 27.0 Å². The zero-order valence-corrected chi connectivity index (χ0v) is 28.6. The van der Waals surface area contributed by atoms with Crippen molar-refractivity contribution in [3.05, 3.63) is 53.6 Å². The molecule has 0 unspecified atom stereocenters. The molecule has 1 saturated heterocycles. The van der Waals surface area contributed by atoms with Crippen LogP contribution >= 0.6 is 0 Å². The van der Waals surface area contributed by atoms with Crippen LogP contribution in [0.4, 0.5) is 31.1 Å². The molecular formula is C32H43F6NO6Si. The highest BCUT2D eigenvalue weighted by Crippen LogP contribution is 2.54. The Hall–Kier alpha value is -2.97. The summed E-state index contributed by atoms with van der Waals surface area (Å²) in [5, 5.41) is 2.39. The van der Waals surface area contributed by atoms with E-state index in [-0.39, 0.29) is 48.1 Å². The Bertz CT molecular complexity index is 1300. The maximum atomic E-state index is 13.2. The van der Waals surface area contributed by atoms with Crippen LogP contribution in [0.1, 0.15) is 79.9 Å². The number of amides is 1. The summed E-state index contributed by atoms with van der Waals surface area (Å²) < 4.78 is 109. The molecule has 0 bridgehead atoms. The molecule has 1 aliphatic rings. The maximum absolute atomic E-state index is 13.2. The van der Waals surface area contributed by atoms with Gasteiger partial charge in [-0.3, -0.25) is 0 Å². The van der Waals surface area contributed by atoms with Gasteiger partial charge in [-0.05, 0) is 63.2 Å². The van der Waals surface area contributed by atoms with Gasteiger partial charge in [0.15, 0.2) is 0 Å². The lowest BCUT2D eigenvalue weighted by Crippen LogP contribution is -2.69. The minimum Gasteiger partial charge on any atom is -0.493 e. The molecule has 0 radical (unpaired) electrons. The molecule has 1 heterocycles. The summed E-state index contributed by atoms with van der Waals surface area (Å²) in [5.74, 6) is -0.262. The fourth-order valence-electron chi connectivity index (χ4n) is 5.44. The summed E-state index contributed by atoms with van der Waals surface area (Å²) in [5.41, 5.74) is -4.67. The van der Waals surface area contributed by atoms with E-state index in [1.165, 1.54) is 24.3 Å². The Balaban J connectivity index is 1.74. The topological polar surface area (TPSA) is 75.3 Å². The van der Waals surface area contributed by atoms with Crippen molar-refractivity contribution in [2.24, 2.45) is 0 Å². The number of carbonyl (C=O) groups is 1. The van der Waals surface area contributed by atoms with Gasteiger partial charge in [-0.15, -0.1) is 0 Å². The first-order valence-corrected chi connectivity index (χ1v) is 16.6. The first kappa shape index (κ1) is 37.5. The van der Waals surface area contributed by atoms with E-state index in [0.717, 1.165) is 0 Å². The number of halogens is 6. The van der Waals surface area contributed by atoms with E-state index in [1.54, 1.807) is 20.8 Å². The highest BCUT2D eigenvalue weighted by molar-refractivity contribution is 6.73. The van der Waals surface area contributed by atoms with Gasteiger partial charge in [0.25, 0.3) is 0 Å². The van der Waals surface area contributed by atoms with E-state index in [0.29, 0.717) is 17.9 Å². The average molecular weight is 680 g/mol. The largest absolute Gasteiger partial charge is 0.493 e. The molecule has 0 atom stereocenters. The fraction of sp³-hybridized carbons (Fsp3) is 0.594. The van der Waals surface area contributed by atoms with Crippen molar-refractivity contribution in [3.8, 4) is 17.2 Å². The Morgan fingerprint density at radius 2 is 1.22 bits per heavy atom. The number of alkyl carbamates (subject to hydrolysis) is 1. The zero-order valence-electron chi connectivity index (χ0n) is 27.6. The summed E-state index contributed by atoms with van der Waals surface area (Å²) in [6.45, 7) is 18.2. The highest BCUT2D eigenvalue weighted by Gasteiger charge is 2.62. The van der Waals surface area contributed by atoms with Gasteiger partial charge in [0, 0.05) is 16.5 Å². The third kappa shape index (κ3) is 9.31. The first-order chi connectivity index (χ1) is 20.8. The zero-order chi connectivity index (χ0) is 35.0. The molecule has 1 N–H and O–H groups in total. The molecular weight excluding hydrogens is 636 g/mol. The minimum atomic E-state index is -5.00. The third-order valence-electron chi connectivity index (χ3n) is 7.31. The van der Waals surface area contributed by atoms with Crippen LogP contribution < -0.4 is 14.8 Å². The predicted molar refractivity (Wildman–Crippen MR) is 162 cm³/mol. The highest BCUT2D eigenvalue weighted by atomic mass is 28.4. The minimum absolute atomic E-state index is 0.00241. The van der Waals surface area contributed by atoms with Gasteiger partial charge in [0.2, 0.25) is 0 Å². The van der Waals surface area contributed by atoms with Gasteiger partial charge < -0.3 is 28.4 Å². The number of nitrogens with one attached hydrogen (secondary N) is 1. The third-order valence-corrected chi connectivity index (χ3v) is 12.4. The van der Waals surface area contributed by atoms with Gasteiger partial charge in [0.1, 0.15) is 22.8 Å². The van der Waals surface area contributed by atoms with Crippen LogP contribution in [0.25, 0.3) is 0 Å². The summed E-state index contributed by atoms with van der Waals surface area (Å²) in [6, 6.07) is 6.68. The molecule has 2 aromatic rings. The van der Waals surface area contributed by atoms with Crippen molar-refractivity contribution in [3.63, 3.8) is 0 Å². The number of rotatable bonds is 7. The second kappa shape index (κ2) is 12.9. The smallest absolute Gasteiger partial charge is 0.416 e. The van der Waals surface area contributed by atoms with Crippen LogP contribution in [0.5, 0.6) is 17.2 Å². The van der Waals surface area contributed by atoms with E-state index in [2.05, 4.69) is 46.9 Å². The number of hydrogen-bond donors (Lipinski definition) is 1. The Kier molecular flexibility index (Phi) is 10.5. The van der Waals surface area contributed by atoms with E-state index < -0.39 is 55.0 Å². The van der Waals surface area contributed by atoms with E-state index in [1.807, 2.05) is 0 Å². The molecule has 1 amide bonds. The monoisotopic (exact) mass is 679 g/mol. The van der Waals surface area contributed by atoms with Gasteiger partial charge in [-0.1, -0.05) is 41.5 Å². The van der Waals surface area contributed by atoms with Crippen LogP contribution in [0.2, 0.25) is 10.1 Å². The van der Waals surface area contributed by atoms with Gasteiger partial charge in [0.05, 0.1) is 36.5 Å². The van der Waals surface area contributed by atoms with Crippen molar-refractivity contribution in [2.45, 2.75) is 102 Å². The molecule has 7 nitrogen and oxygen atoms in total. The summed E-state index contributed by atoms with van der Waals surface area (Å²) in [4.78, 5) is 12.8. The second-order valence-electron chi connectivity index (χ2n) is 14.5. The van der Waals surface area contributed by atoms with Crippen LogP contribution in [-0.4, -0.2) is 45.6 Å². The number of benzene rings is 2. The van der Waals surface area contributed by atoms with Crippen LogP contribution in [0.3, 0.4) is 0 Å². The Morgan fingerprint density at radius 1 is 0.761 bits per heavy atom. The van der Waals surface area contributed by atoms with Gasteiger partial charge in [-0.2, -0.15) is 26.3 Å². The number of ether oxygens (including phenoxy) is 3. The molecule has 0 saturated carbocycles. The van der Waals surface area contributed by atoms with Crippen LogP contribution in [0.15, 0.2) is 42.5 Å². The van der Waals surface area contributed by atoms with Gasteiger partial charge in [-0.25, -0.2) is 4.79 Å².